The Bertz CT molecular complexity index is 998. The van der Waals surface area contributed by atoms with Crippen LogP contribution in [0.15, 0.2) is 42.5 Å². The van der Waals surface area contributed by atoms with Gasteiger partial charge in [-0.05, 0) is 43.5 Å². The number of aromatic nitrogens is 3. The number of para-hydroxylation sites is 1. The number of carbonyl (C=O) groups excluding carboxylic acids is 1. The molecule has 4 rings (SSSR count). The minimum atomic E-state index is -4.55. The van der Waals surface area contributed by atoms with Crippen LogP contribution in [-0.2, 0) is 11.0 Å². The van der Waals surface area contributed by atoms with Gasteiger partial charge >= 0.3 is 6.18 Å². The molecule has 1 aliphatic rings. The smallest absolute Gasteiger partial charge is 0.433 e. The normalized spacial score (nSPS) is 14.7. The molecule has 146 valence electrons. The summed E-state index contributed by atoms with van der Waals surface area (Å²) < 4.78 is 46.1. The first-order valence-electron chi connectivity index (χ1n) is 8.86. The SMILES string of the molecule is O=C(COc1ccccc1)Nc1nc2ccc(C(F)(F)F)nc2n1C1CCC1. The molecule has 1 fully saturated rings. The molecule has 0 radical (unpaired) electrons. The van der Waals surface area contributed by atoms with Crippen LogP contribution in [0, 0.1) is 0 Å². The van der Waals surface area contributed by atoms with Crippen molar-refractivity contribution in [2.75, 3.05) is 11.9 Å². The number of rotatable bonds is 5. The first-order chi connectivity index (χ1) is 13.4. The van der Waals surface area contributed by atoms with Gasteiger partial charge in [-0.1, -0.05) is 18.2 Å². The molecule has 0 spiro atoms. The molecule has 6 nitrogen and oxygen atoms in total. The summed E-state index contributed by atoms with van der Waals surface area (Å²) >= 11 is 0. The molecule has 2 aromatic heterocycles. The van der Waals surface area contributed by atoms with E-state index in [1.165, 1.54) is 6.07 Å². The van der Waals surface area contributed by atoms with E-state index in [-0.39, 0.29) is 24.2 Å². The monoisotopic (exact) mass is 390 g/mol. The molecule has 1 aromatic carbocycles. The zero-order valence-corrected chi connectivity index (χ0v) is 14.7. The Morgan fingerprint density at radius 3 is 2.54 bits per heavy atom. The number of carbonyl (C=O) groups is 1. The van der Waals surface area contributed by atoms with E-state index < -0.39 is 17.8 Å². The van der Waals surface area contributed by atoms with Crippen molar-refractivity contribution in [3.05, 3.63) is 48.2 Å². The number of anilines is 1. The Labute approximate surface area is 158 Å². The highest BCUT2D eigenvalue weighted by Crippen LogP contribution is 2.37. The number of alkyl halides is 3. The van der Waals surface area contributed by atoms with E-state index >= 15 is 0 Å². The third-order valence-electron chi connectivity index (χ3n) is 4.63. The molecule has 0 unspecified atom stereocenters. The maximum Gasteiger partial charge on any atom is 0.433 e. The van der Waals surface area contributed by atoms with Crippen molar-refractivity contribution in [1.29, 1.82) is 0 Å². The fourth-order valence-electron chi connectivity index (χ4n) is 3.04. The van der Waals surface area contributed by atoms with Crippen LogP contribution in [0.5, 0.6) is 5.75 Å². The summed E-state index contributed by atoms with van der Waals surface area (Å²) in [4.78, 5) is 20.3. The number of nitrogens with zero attached hydrogens (tertiary/aromatic N) is 3. The maximum absolute atomic E-state index is 13.0. The third kappa shape index (κ3) is 3.64. The maximum atomic E-state index is 13.0. The van der Waals surface area contributed by atoms with Crippen LogP contribution >= 0.6 is 0 Å². The van der Waals surface area contributed by atoms with Gasteiger partial charge in [-0.15, -0.1) is 0 Å². The van der Waals surface area contributed by atoms with Gasteiger partial charge in [0.05, 0.1) is 0 Å². The lowest BCUT2D eigenvalue weighted by Crippen LogP contribution is -2.25. The van der Waals surface area contributed by atoms with Crippen LogP contribution in [-0.4, -0.2) is 27.0 Å². The number of imidazole rings is 1. The Kier molecular flexibility index (Phi) is 4.66. The molecular formula is C19H17F3N4O2. The molecule has 1 saturated carbocycles. The highest BCUT2D eigenvalue weighted by molar-refractivity contribution is 5.92. The molecule has 0 atom stereocenters. The van der Waals surface area contributed by atoms with Crippen LogP contribution < -0.4 is 10.1 Å². The van der Waals surface area contributed by atoms with Gasteiger partial charge in [0.15, 0.2) is 12.3 Å². The molecule has 1 amide bonds. The van der Waals surface area contributed by atoms with Crippen molar-refractivity contribution in [1.82, 2.24) is 14.5 Å². The van der Waals surface area contributed by atoms with E-state index in [0.717, 1.165) is 25.3 Å². The van der Waals surface area contributed by atoms with Gasteiger partial charge in [0.1, 0.15) is 17.0 Å². The molecule has 2 heterocycles. The summed E-state index contributed by atoms with van der Waals surface area (Å²) in [6.45, 7) is -0.237. The Balaban J connectivity index is 1.59. The summed E-state index contributed by atoms with van der Waals surface area (Å²) in [6, 6.07) is 11.0. The number of pyridine rings is 1. The third-order valence-corrected chi connectivity index (χ3v) is 4.63. The second-order valence-corrected chi connectivity index (χ2v) is 6.58. The average molecular weight is 390 g/mol. The average Bonchev–Trinajstić information content (AvgIpc) is 2.96. The number of halogens is 3. The van der Waals surface area contributed by atoms with Crippen molar-refractivity contribution in [2.24, 2.45) is 0 Å². The van der Waals surface area contributed by atoms with E-state index in [2.05, 4.69) is 15.3 Å². The molecule has 28 heavy (non-hydrogen) atoms. The summed E-state index contributed by atoms with van der Waals surface area (Å²) in [7, 11) is 0. The highest BCUT2D eigenvalue weighted by Gasteiger charge is 2.34. The van der Waals surface area contributed by atoms with Crippen molar-refractivity contribution in [3.63, 3.8) is 0 Å². The van der Waals surface area contributed by atoms with E-state index in [9.17, 15) is 18.0 Å². The van der Waals surface area contributed by atoms with Crippen LogP contribution in [0.25, 0.3) is 11.2 Å². The van der Waals surface area contributed by atoms with Crippen molar-refractivity contribution in [3.8, 4) is 5.75 Å². The number of benzene rings is 1. The molecule has 9 heteroatoms. The van der Waals surface area contributed by atoms with Gasteiger partial charge in [0.25, 0.3) is 5.91 Å². The topological polar surface area (TPSA) is 69.0 Å². The zero-order valence-electron chi connectivity index (χ0n) is 14.7. The minimum absolute atomic E-state index is 0.0358. The molecule has 1 N–H and O–H groups in total. The predicted octanol–water partition coefficient (Wildman–Crippen LogP) is 4.19. The largest absolute Gasteiger partial charge is 0.484 e. The lowest BCUT2D eigenvalue weighted by molar-refractivity contribution is -0.141. The van der Waals surface area contributed by atoms with E-state index in [0.29, 0.717) is 11.3 Å². The lowest BCUT2D eigenvalue weighted by Gasteiger charge is -2.28. The predicted molar refractivity (Wildman–Crippen MR) is 96.0 cm³/mol. The number of hydrogen-bond acceptors (Lipinski definition) is 4. The second kappa shape index (κ2) is 7.14. The van der Waals surface area contributed by atoms with Crippen LogP contribution in [0.2, 0.25) is 0 Å². The van der Waals surface area contributed by atoms with Crippen molar-refractivity contribution in [2.45, 2.75) is 31.5 Å². The van der Waals surface area contributed by atoms with Crippen LogP contribution in [0.1, 0.15) is 31.0 Å². The first kappa shape index (κ1) is 18.3. The number of fused-ring (bicyclic) bond motifs is 1. The zero-order chi connectivity index (χ0) is 19.7. The fraction of sp³-hybridized carbons (Fsp3) is 0.316. The number of amides is 1. The first-order valence-corrected chi connectivity index (χ1v) is 8.86. The van der Waals surface area contributed by atoms with E-state index in [1.54, 1.807) is 28.8 Å². The summed E-state index contributed by atoms with van der Waals surface area (Å²) in [5.74, 6) is 0.283. The fourth-order valence-corrected chi connectivity index (χ4v) is 3.04. The van der Waals surface area contributed by atoms with Crippen molar-refractivity contribution < 1.29 is 22.7 Å². The van der Waals surface area contributed by atoms with Crippen LogP contribution in [0.4, 0.5) is 19.1 Å². The highest BCUT2D eigenvalue weighted by atomic mass is 19.4. The molecule has 0 aliphatic heterocycles. The van der Waals surface area contributed by atoms with E-state index in [4.69, 9.17) is 4.74 Å². The van der Waals surface area contributed by atoms with Crippen molar-refractivity contribution >= 4 is 23.0 Å². The lowest BCUT2D eigenvalue weighted by atomic mass is 9.93. The minimum Gasteiger partial charge on any atom is -0.484 e. The number of ether oxygens (including phenoxy) is 1. The van der Waals surface area contributed by atoms with E-state index in [1.807, 2.05) is 6.07 Å². The van der Waals surface area contributed by atoms with Gasteiger partial charge in [0, 0.05) is 6.04 Å². The quantitative estimate of drug-likeness (QED) is 0.709. The van der Waals surface area contributed by atoms with Gasteiger partial charge in [0.2, 0.25) is 5.95 Å². The van der Waals surface area contributed by atoms with Gasteiger partial charge in [-0.3, -0.25) is 14.7 Å². The summed E-state index contributed by atoms with van der Waals surface area (Å²) in [6.07, 6.45) is -1.98. The molecule has 0 saturated heterocycles. The standard InChI is InChI=1S/C19H17F3N4O2/c20-19(21,22)15-10-9-14-17(24-15)26(12-5-4-6-12)18(23-14)25-16(27)11-28-13-7-2-1-3-8-13/h1-3,7-10,12H,4-6,11H2,(H,23,25,27). The molecule has 1 aliphatic carbocycles. The Morgan fingerprint density at radius 2 is 1.89 bits per heavy atom. The molecule has 0 bridgehead atoms. The van der Waals surface area contributed by atoms with Gasteiger partial charge in [-0.2, -0.15) is 13.2 Å². The van der Waals surface area contributed by atoms with Gasteiger partial charge < -0.3 is 4.74 Å². The second-order valence-electron chi connectivity index (χ2n) is 6.58. The molecular weight excluding hydrogens is 373 g/mol. The summed E-state index contributed by atoms with van der Waals surface area (Å²) in [5, 5.41) is 2.64. The molecule has 3 aromatic rings. The van der Waals surface area contributed by atoms with Crippen LogP contribution in [0.3, 0.4) is 0 Å². The number of nitrogens with one attached hydrogen (secondary N) is 1. The summed E-state index contributed by atoms with van der Waals surface area (Å²) in [5.41, 5.74) is -0.552. The Morgan fingerprint density at radius 1 is 1.14 bits per heavy atom. The Hall–Kier alpha value is -3.10. The van der Waals surface area contributed by atoms with Gasteiger partial charge in [-0.25, -0.2) is 9.97 Å². The number of hydrogen-bond donors (Lipinski definition) is 1.